The van der Waals surface area contributed by atoms with Gasteiger partial charge in [-0.2, -0.15) is 0 Å². The van der Waals surface area contributed by atoms with Crippen molar-refractivity contribution in [2.45, 2.75) is 13.8 Å². The Balaban J connectivity index is 1.89. The maximum Gasteiger partial charge on any atom is 0.258 e. The third-order valence-electron chi connectivity index (χ3n) is 4.26. The first-order valence-electron chi connectivity index (χ1n) is 8.09. The minimum Gasteiger partial charge on any atom is -0.493 e. The van der Waals surface area contributed by atoms with Crippen LogP contribution in [0.5, 0.6) is 11.5 Å². The molecule has 0 saturated heterocycles. The second kappa shape index (κ2) is 7.31. The van der Waals surface area contributed by atoms with Crippen molar-refractivity contribution in [1.82, 2.24) is 5.16 Å². The number of benzene rings is 2. The van der Waals surface area contributed by atoms with Crippen molar-refractivity contribution >= 4 is 11.8 Å². The molecule has 1 N–H and O–H groups in total. The molecule has 26 heavy (non-hydrogen) atoms. The smallest absolute Gasteiger partial charge is 0.258 e. The normalized spacial score (nSPS) is 10.5. The monoisotopic (exact) mass is 352 g/mol. The number of carbonyl (C=O) groups is 1. The van der Waals surface area contributed by atoms with Crippen molar-refractivity contribution in [3.8, 4) is 22.6 Å². The molecule has 1 aromatic heterocycles. The summed E-state index contributed by atoms with van der Waals surface area (Å²) >= 11 is 0. The van der Waals surface area contributed by atoms with E-state index in [-0.39, 0.29) is 11.8 Å². The van der Waals surface area contributed by atoms with Gasteiger partial charge in [-0.05, 0) is 54.8 Å². The number of methoxy groups -OCH3 is 2. The van der Waals surface area contributed by atoms with Gasteiger partial charge < -0.3 is 14.0 Å². The van der Waals surface area contributed by atoms with Gasteiger partial charge in [0.2, 0.25) is 5.88 Å². The summed E-state index contributed by atoms with van der Waals surface area (Å²) in [5.41, 5.74) is 4.19. The van der Waals surface area contributed by atoms with Gasteiger partial charge in [0, 0.05) is 5.56 Å². The van der Waals surface area contributed by atoms with E-state index >= 15 is 0 Å². The second-order valence-corrected chi connectivity index (χ2v) is 5.89. The van der Waals surface area contributed by atoms with Crippen molar-refractivity contribution < 1.29 is 18.8 Å². The van der Waals surface area contributed by atoms with Crippen LogP contribution in [0.1, 0.15) is 21.5 Å². The molecule has 1 amide bonds. The molecule has 0 bridgehead atoms. The van der Waals surface area contributed by atoms with Crippen molar-refractivity contribution in [3.63, 3.8) is 0 Å². The minimum atomic E-state index is -0.258. The molecule has 3 rings (SSSR count). The standard InChI is InChI=1S/C20H20N2O4/c1-12-5-6-15(9-13(12)2)19(23)22-20-16(11-21-26-20)14-7-8-17(24-3)18(10-14)25-4/h5-11H,1-4H3,(H,22,23). The lowest BCUT2D eigenvalue weighted by Crippen LogP contribution is -2.12. The van der Waals surface area contributed by atoms with Crippen LogP contribution in [-0.2, 0) is 0 Å². The number of anilines is 1. The highest BCUT2D eigenvalue weighted by Crippen LogP contribution is 2.35. The van der Waals surface area contributed by atoms with E-state index in [4.69, 9.17) is 14.0 Å². The molecule has 6 heteroatoms. The summed E-state index contributed by atoms with van der Waals surface area (Å²) in [7, 11) is 3.14. The zero-order valence-electron chi connectivity index (χ0n) is 15.1. The Morgan fingerprint density at radius 2 is 1.77 bits per heavy atom. The fourth-order valence-electron chi connectivity index (χ4n) is 2.60. The summed E-state index contributed by atoms with van der Waals surface area (Å²) in [6.45, 7) is 3.97. The number of nitrogens with one attached hydrogen (secondary N) is 1. The molecule has 3 aromatic rings. The summed E-state index contributed by atoms with van der Waals surface area (Å²) < 4.78 is 15.8. The molecule has 0 radical (unpaired) electrons. The van der Waals surface area contributed by atoms with Gasteiger partial charge in [0.05, 0.1) is 26.0 Å². The van der Waals surface area contributed by atoms with Crippen LogP contribution in [0, 0.1) is 13.8 Å². The van der Waals surface area contributed by atoms with Gasteiger partial charge in [0.15, 0.2) is 11.5 Å². The average molecular weight is 352 g/mol. The molecule has 0 atom stereocenters. The summed E-state index contributed by atoms with van der Waals surface area (Å²) in [5, 5.41) is 6.59. The fraction of sp³-hybridized carbons (Fsp3) is 0.200. The minimum absolute atomic E-state index is 0.258. The molecule has 134 valence electrons. The number of rotatable bonds is 5. The first kappa shape index (κ1) is 17.5. The van der Waals surface area contributed by atoms with Crippen LogP contribution in [0.25, 0.3) is 11.1 Å². The zero-order valence-corrected chi connectivity index (χ0v) is 15.1. The highest BCUT2D eigenvalue weighted by atomic mass is 16.5. The van der Waals surface area contributed by atoms with Crippen molar-refractivity contribution in [1.29, 1.82) is 0 Å². The Bertz CT molecular complexity index is 947. The number of hydrogen-bond acceptors (Lipinski definition) is 5. The highest BCUT2D eigenvalue weighted by Gasteiger charge is 2.17. The zero-order chi connectivity index (χ0) is 18.7. The molecule has 0 unspecified atom stereocenters. The predicted molar refractivity (Wildman–Crippen MR) is 98.9 cm³/mol. The van der Waals surface area contributed by atoms with E-state index in [0.29, 0.717) is 22.6 Å². The Labute approximate surface area is 151 Å². The quantitative estimate of drug-likeness (QED) is 0.744. The van der Waals surface area contributed by atoms with E-state index in [1.54, 1.807) is 38.6 Å². The van der Waals surface area contributed by atoms with Crippen molar-refractivity contribution in [2.24, 2.45) is 0 Å². The molecule has 2 aromatic carbocycles. The maximum atomic E-state index is 12.5. The molecule has 6 nitrogen and oxygen atoms in total. The largest absolute Gasteiger partial charge is 0.493 e. The van der Waals surface area contributed by atoms with Crippen molar-refractivity contribution in [3.05, 3.63) is 59.3 Å². The number of aryl methyl sites for hydroxylation is 2. The van der Waals surface area contributed by atoms with Crippen LogP contribution in [0.15, 0.2) is 47.1 Å². The Hall–Kier alpha value is -3.28. The lowest BCUT2D eigenvalue weighted by atomic mass is 10.1. The van der Waals surface area contributed by atoms with Gasteiger partial charge in [-0.15, -0.1) is 0 Å². The van der Waals surface area contributed by atoms with Gasteiger partial charge in [-0.3, -0.25) is 10.1 Å². The van der Waals surface area contributed by atoms with E-state index in [2.05, 4.69) is 10.5 Å². The average Bonchev–Trinajstić information content (AvgIpc) is 3.11. The number of ether oxygens (including phenoxy) is 2. The molecular weight excluding hydrogens is 332 g/mol. The third kappa shape index (κ3) is 3.39. The lowest BCUT2D eigenvalue weighted by Gasteiger charge is -2.10. The fourth-order valence-corrected chi connectivity index (χ4v) is 2.60. The second-order valence-electron chi connectivity index (χ2n) is 5.89. The van der Waals surface area contributed by atoms with Crippen LogP contribution in [0.2, 0.25) is 0 Å². The summed E-state index contributed by atoms with van der Waals surface area (Å²) in [6, 6.07) is 11.0. The lowest BCUT2D eigenvalue weighted by molar-refractivity contribution is 0.102. The summed E-state index contributed by atoms with van der Waals surface area (Å²) in [4.78, 5) is 12.5. The number of amides is 1. The maximum absolute atomic E-state index is 12.5. The SMILES string of the molecule is COc1ccc(-c2cnoc2NC(=O)c2ccc(C)c(C)c2)cc1OC. The Morgan fingerprint density at radius 3 is 2.46 bits per heavy atom. The predicted octanol–water partition coefficient (Wildman–Crippen LogP) is 4.23. The van der Waals surface area contributed by atoms with E-state index in [1.807, 2.05) is 32.0 Å². The Kier molecular flexibility index (Phi) is 4.93. The molecule has 0 aliphatic heterocycles. The molecule has 1 heterocycles. The van der Waals surface area contributed by atoms with Crippen LogP contribution >= 0.6 is 0 Å². The number of aromatic nitrogens is 1. The van der Waals surface area contributed by atoms with E-state index in [9.17, 15) is 4.79 Å². The first-order valence-corrected chi connectivity index (χ1v) is 8.09. The molecular formula is C20H20N2O4. The summed E-state index contributed by atoms with van der Waals surface area (Å²) in [5.74, 6) is 1.22. The third-order valence-corrected chi connectivity index (χ3v) is 4.26. The van der Waals surface area contributed by atoms with E-state index in [0.717, 1.165) is 16.7 Å². The first-order chi connectivity index (χ1) is 12.5. The number of carbonyl (C=O) groups excluding carboxylic acids is 1. The Morgan fingerprint density at radius 1 is 1.00 bits per heavy atom. The molecule has 0 aliphatic rings. The van der Waals surface area contributed by atoms with Gasteiger partial charge in [-0.25, -0.2) is 0 Å². The van der Waals surface area contributed by atoms with Crippen molar-refractivity contribution in [2.75, 3.05) is 19.5 Å². The van der Waals surface area contributed by atoms with Crippen LogP contribution in [0.4, 0.5) is 5.88 Å². The van der Waals surface area contributed by atoms with Gasteiger partial charge in [0.25, 0.3) is 5.91 Å². The number of hydrogen-bond donors (Lipinski definition) is 1. The van der Waals surface area contributed by atoms with Crippen LogP contribution < -0.4 is 14.8 Å². The van der Waals surface area contributed by atoms with E-state index in [1.165, 1.54) is 0 Å². The highest BCUT2D eigenvalue weighted by molar-refractivity contribution is 6.05. The topological polar surface area (TPSA) is 73.6 Å². The molecule has 0 fully saturated rings. The summed E-state index contributed by atoms with van der Waals surface area (Å²) in [6.07, 6.45) is 1.55. The number of nitrogens with zero attached hydrogens (tertiary/aromatic N) is 1. The van der Waals surface area contributed by atoms with Gasteiger partial charge in [0.1, 0.15) is 0 Å². The molecule has 0 spiro atoms. The molecule has 0 aliphatic carbocycles. The van der Waals surface area contributed by atoms with Gasteiger partial charge >= 0.3 is 0 Å². The van der Waals surface area contributed by atoms with Crippen LogP contribution in [0.3, 0.4) is 0 Å². The van der Waals surface area contributed by atoms with Gasteiger partial charge in [-0.1, -0.05) is 17.3 Å². The molecule has 0 saturated carbocycles. The van der Waals surface area contributed by atoms with E-state index < -0.39 is 0 Å². The van der Waals surface area contributed by atoms with Crippen LogP contribution in [-0.4, -0.2) is 25.3 Å².